The van der Waals surface area contributed by atoms with Gasteiger partial charge in [0.25, 0.3) is 0 Å². The molecular weight excluding hydrogens is 474 g/mol. The lowest BCUT2D eigenvalue weighted by Gasteiger charge is -2.25. The zero-order chi connectivity index (χ0) is 24.7. The normalized spacial score (nSPS) is 15.4. The standard InChI is InChI=1S/C26H27N7O2S/c1-18(30-36(34,35)26-8-4-5-19-13-27-11-9-21(19)26)14-33-16-20(29-31-33)15-32-12-10-23-22-6-2-3-7-24(22)28-25(23)17-32/h2-9,11,13,16,18,28,30H,10,12,14-15,17H2,1H3/t18-/m0/s1. The Hall–Kier alpha value is -3.60. The SMILES string of the molecule is C[C@@H](Cn1cc(CN2CCc3c([nH]c4ccccc34)C2)nn1)NS(=O)(=O)c1cccc2cnccc12. The van der Waals surface area contributed by atoms with Gasteiger partial charge in [-0.2, -0.15) is 0 Å². The van der Waals surface area contributed by atoms with Gasteiger partial charge in [-0.1, -0.05) is 35.5 Å². The molecular formula is C26H27N7O2S. The van der Waals surface area contributed by atoms with E-state index in [4.69, 9.17) is 0 Å². The average Bonchev–Trinajstić information content (AvgIpc) is 3.46. The Morgan fingerprint density at radius 2 is 2.00 bits per heavy atom. The van der Waals surface area contributed by atoms with Crippen LogP contribution in [0.25, 0.3) is 21.7 Å². The first-order valence-corrected chi connectivity index (χ1v) is 13.5. The first kappa shape index (κ1) is 22.8. The van der Waals surface area contributed by atoms with Crippen molar-refractivity contribution in [2.24, 2.45) is 0 Å². The highest BCUT2D eigenvalue weighted by molar-refractivity contribution is 7.89. The van der Waals surface area contributed by atoms with E-state index in [1.54, 1.807) is 35.3 Å². The molecule has 0 amide bonds. The molecule has 3 aromatic heterocycles. The molecule has 9 nitrogen and oxygen atoms in total. The van der Waals surface area contributed by atoms with Gasteiger partial charge in [0, 0.05) is 71.6 Å². The summed E-state index contributed by atoms with van der Waals surface area (Å²) < 4.78 is 30.7. The molecule has 36 heavy (non-hydrogen) atoms. The Labute approximate surface area is 209 Å². The second kappa shape index (κ2) is 9.12. The Balaban J connectivity index is 1.10. The van der Waals surface area contributed by atoms with E-state index >= 15 is 0 Å². The van der Waals surface area contributed by atoms with Crippen LogP contribution in [-0.4, -0.2) is 50.9 Å². The van der Waals surface area contributed by atoms with Crippen LogP contribution in [0.5, 0.6) is 0 Å². The molecule has 1 aliphatic rings. The molecule has 1 aliphatic heterocycles. The van der Waals surface area contributed by atoms with E-state index in [9.17, 15) is 8.42 Å². The summed E-state index contributed by atoms with van der Waals surface area (Å²) in [5.41, 5.74) is 4.73. The number of sulfonamides is 1. The van der Waals surface area contributed by atoms with Crippen molar-refractivity contribution in [3.8, 4) is 0 Å². The second-order valence-electron chi connectivity index (χ2n) is 9.40. The lowest BCUT2D eigenvalue weighted by atomic mass is 10.0. The maximum atomic E-state index is 13.1. The van der Waals surface area contributed by atoms with Crippen molar-refractivity contribution in [3.05, 3.63) is 84.1 Å². The first-order valence-electron chi connectivity index (χ1n) is 12.0. The minimum atomic E-state index is -3.71. The van der Waals surface area contributed by atoms with Crippen LogP contribution in [0.1, 0.15) is 23.9 Å². The molecule has 0 aliphatic carbocycles. The number of aromatic nitrogens is 5. The van der Waals surface area contributed by atoms with Crippen LogP contribution < -0.4 is 4.72 Å². The van der Waals surface area contributed by atoms with Crippen LogP contribution in [-0.2, 0) is 36.1 Å². The summed E-state index contributed by atoms with van der Waals surface area (Å²) in [6.45, 7) is 4.70. The van der Waals surface area contributed by atoms with Gasteiger partial charge in [-0.15, -0.1) is 5.10 Å². The summed E-state index contributed by atoms with van der Waals surface area (Å²) in [5.74, 6) is 0. The van der Waals surface area contributed by atoms with Crippen molar-refractivity contribution < 1.29 is 8.42 Å². The highest BCUT2D eigenvalue weighted by Gasteiger charge is 2.23. The lowest BCUT2D eigenvalue weighted by Crippen LogP contribution is -2.36. The summed E-state index contributed by atoms with van der Waals surface area (Å²) in [4.78, 5) is 10.2. The predicted molar refractivity (Wildman–Crippen MR) is 138 cm³/mol. The van der Waals surface area contributed by atoms with Crippen LogP contribution in [0, 0.1) is 0 Å². The van der Waals surface area contributed by atoms with Crippen molar-refractivity contribution in [3.63, 3.8) is 0 Å². The molecule has 0 fully saturated rings. The monoisotopic (exact) mass is 501 g/mol. The third-order valence-corrected chi connectivity index (χ3v) is 8.33. The van der Waals surface area contributed by atoms with E-state index in [-0.39, 0.29) is 10.9 Å². The lowest BCUT2D eigenvalue weighted by molar-refractivity contribution is 0.240. The molecule has 0 radical (unpaired) electrons. The van der Waals surface area contributed by atoms with Crippen LogP contribution in [0.15, 0.2) is 72.0 Å². The van der Waals surface area contributed by atoms with Gasteiger partial charge in [0.1, 0.15) is 0 Å². The minimum Gasteiger partial charge on any atom is -0.357 e. The summed E-state index contributed by atoms with van der Waals surface area (Å²) >= 11 is 0. The number of para-hydroxylation sites is 1. The molecule has 0 saturated heterocycles. The number of fused-ring (bicyclic) bond motifs is 4. The highest BCUT2D eigenvalue weighted by atomic mass is 32.2. The van der Waals surface area contributed by atoms with Gasteiger partial charge in [0.2, 0.25) is 10.0 Å². The van der Waals surface area contributed by atoms with E-state index < -0.39 is 10.0 Å². The van der Waals surface area contributed by atoms with Crippen molar-refractivity contribution in [1.82, 2.24) is 34.6 Å². The van der Waals surface area contributed by atoms with E-state index in [1.165, 1.54) is 22.2 Å². The smallest absolute Gasteiger partial charge is 0.241 e. The molecule has 0 saturated carbocycles. The first-order chi connectivity index (χ1) is 17.5. The van der Waals surface area contributed by atoms with E-state index in [2.05, 4.69) is 54.2 Å². The molecule has 5 aromatic rings. The van der Waals surface area contributed by atoms with Gasteiger partial charge in [-0.05, 0) is 37.1 Å². The number of aromatic amines is 1. The fourth-order valence-corrected chi connectivity index (χ4v) is 6.55. The van der Waals surface area contributed by atoms with Crippen LogP contribution in [0.4, 0.5) is 0 Å². The highest BCUT2D eigenvalue weighted by Crippen LogP contribution is 2.28. The molecule has 184 valence electrons. The van der Waals surface area contributed by atoms with Crippen molar-refractivity contribution in [2.45, 2.75) is 43.9 Å². The number of hydrogen-bond acceptors (Lipinski definition) is 6. The number of nitrogens with one attached hydrogen (secondary N) is 2. The molecule has 4 heterocycles. The maximum absolute atomic E-state index is 13.1. The van der Waals surface area contributed by atoms with Crippen LogP contribution in [0.3, 0.4) is 0 Å². The number of rotatable bonds is 7. The van der Waals surface area contributed by atoms with Gasteiger partial charge < -0.3 is 4.98 Å². The van der Waals surface area contributed by atoms with Gasteiger partial charge in [-0.25, -0.2) is 13.1 Å². The number of nitrogens with zero attached hydrogens (tertiary/aromatic N) is 5. The average molecular weight is 502 g/mol. The zero-order valence-corrected chi connectivity index (χ0v) is 20.7. The third-order valence-electron chi connectivity index (χ3n) is 6.68. The number of pyridine rings is 1. The summed E-state index contributed by atoms with van der Waals surface area (Å²) in [5, 5.41) is 11.3. The van der Waals surface area contributed by atoms with Crippen molar-refractivity contribution >= 4 is 31.7 Å². The van der Waals surface area contributed by atoms with Crippen molar-refractivity contribution in [2.75, 3.05) is 6.54 Å². The van der Waals surface area contributed by atoms with Gasteiger partial charge in [0.05, 0.1) is 17.1 Å². The molecule has 0 unspecified atom stereocenters. The molecule has 2 aromatic carbocycles. The van der Waals surface area contributed by atoms with Gasteiger partial charge in [-0.3, -0.25) is 14.6 Å². The van der Waals surface area contributed by atoms with E-state index in [0.29, 0.717) is 18.5 Å². The quantitative estimate of drug-likeness (QED) is 0.354. The largest absolute Gasteiger partial charge is 0.357 e. The van der Waals surface area contributed by atoms with E-state index in [1.807, 2.05) is 19.2 Å². The minimum absolute atomic E-state index is 0.245. The van der Waals surface area contributed by atoms with Gasteiger partial charge in [0.15, 0.2) is 0 Å². The van der Waals surface area contributed by atoms with E-state index in [0.717, 1.165) is 30.6 Å². The number of hydrogen-bond donors (Lipinski definition) is 2. The predicted octanol–water partition coefficient (Wildman–Crippen LogP) is 3.23. The molecule has 1 atom stereocenters. The second-order valence-corrected chi connectivity index (χ2v) is 11.1. The topological polar surface area (TPSA) is 109 Å². The van der Waals surface area contributed by atoms with Crippen LogP contribution in [0.2, 0.25) is 0 Å². The molecule has 0 spiro atoms. The summed E-state index contributed by atoms with van der Waals surface area (Å²) in [7, 11) is -3.71. The summed E-state index contributed by atoms with van der Waals surface area (Å²) in [6.07, 6.45) is 6.16. The Bertz CT molecular complexity index is 1650. The fraction of sp³-hybridized carbons (Fsp3) is 0.269. The summed E-state index contributed by atoms with van der Waals surface area (Å²) in [6, 6.07) is 15.0. The van der Waals surface area contributed by atoms with Gasteiger partial charge >= 0.3 is 0 Å². The number of H-pyrrole nitrogens is 1. The Morgan fingerprint density at radius 1 is 1.11 bits per heavy atom. The molecule has 6 rings (SSSR count). The zero-order valence-electron chi connectivity index (χ0n) is 19.9. The maximum Gasteiger partial charge on any atom is 0.241 e. The van der Waals surface area contributed by atoms with Crippen LogP contribution >= 0.6 is 0 Å². The number of benzene rings is 2. The fourth-order valence-electron chi connectivity index (χ4n) is 5.09. The molecule has 0 bridgehead atoms. The molecule has 2 N–H and O–H groups in total. The Kier molecular flexibility index (Phi) is 5.79. The molecule has 10 heteroatoms. The Morgan fingerprint density at radius 3 is 2.92 bits per heavy atom. The van der Waals surface area contributed by atoms with Crippen molar-refractivity contribution in [1.29, 1.82) is 0 Å². The third kappa shape index (κ3) is 4.39.